The molecule has 0 fully saturated rings. The number of hydrogen-bond acceptors (Lipinski definition) is 6. The lowest BCUT2D eigenvalue weighted by Crippen LogP contribution is -2.01. The van der Waals surface area contributed by atoms with Gasteiger partial charge in [0.1, 0.15) is 0 Å². The second-order valence-corrected chi connectivity index (χ2v) is 6.58. The monoisotopic (exact) mass is 384 g/mol. The van der Waals surface area contributed by atoms with Crippen LogP contribution in [0.25, 0.3) is 0 Å². The Morgan fingerprint density at radius 1 is 1.27 bits per heavy atom. The Kier molecular flexibility index (Phi) is 5.98. The Morgan fingerprint density at radius 3 is 2.69 bits per heavy atom. The number of nitrogens with zero attached hydrogens (tertiary/aromatic N) is 3. The van der Waals surface area contributed by atoms with Gasteiger partial charge in [0.25, 0.3) is 0 Å². The van der Waals surface area contributed by atoms with E-state index in [1.54, 1.807) is 46.9 Å². The van der Waals surface area contributed by atoms with Crippen molar-refractivity contribution in [2.24, 2.45) is 5.10 Å². The standard InChI is InChI=1S/C18H16N4O2S2/c1-24-16(23)15-9-7-13(8-10-15)11-19-22-17(25)20-21-18(22)26-12-14-5-3-2-4-6-14/h2-11H,12H2,1H3,(H,20,25)/b19-11-. The lowest BCUT2D eigenvalue weighted by atomic mass is 10.1. The van der Waals surface area contributed by atoms with Crippen LogP contribution in [0.4, 0.5) is 0 Å². The lowest BCUT2D eigenvalue weighted by Gasteiger charge is -2.02. The number of H-pyrrole nitrogens is 1. The van der Waals surface area contributed by atoms with Gasteiger partial charge in [-0.2, -0.15) is 9.78 Å². The molecule has 0 unspecified atom stereocenters. The van der Waals surface area contributed by atoms with Crippen molar-refractivity contribution >= 4 is 36.2 Å². The van der Waals surface area contributed by atoms with E-state index in [1.807, 2.05) is 18.2 Å². The molecular formula is C18H16N4O2S2. The van der Waals surface area contributed by atoms with E-state index in [0.717, 1.165) is 11.3 Å². The SMILES string of the molecule is COC(=O)c1ccc(/C=N\n2c(SCc3ccccc3)n[nH]c2=S)cc1. The molecule has 0 amide bonds. The maximum absolute atomic E-state index is 11.5. The molecule has 0 bridgehead atoms. The summed E-state index contributed by atoms with van der Waals surface area (Å²) in [5.41, 5.74) is 2.52. The van der Waals surface area contributed by atoms with Crippen LogP contribution in [0.3, 0.4) is 0 Å². The first-order valence-corrected chi connectivity index (χ1v) is 9.13. The molecule has 0 aliphatic rings. The van der Waals surface area contributed by atoms with E-state index < -0.39 is 0 Å². The first kappa shape index (κ1) is 18.1. The molecule has 132 valence electrons. The van der Waals surface area contributed by atoms with Crippen molar-refractivity contribution in [3.8, 4) is 0 Å². The minimum atomic E-state index is -0.370. The van der Waals surface area contributed by atoms with Crippen molar-refractivity contribution in [2.45, 2.75) is 10.9 Å². The maximum atomic E-state index is 11.5. The van der Waals surface area contributed by atoms with Crippen LogP contribution in [-0.2, 0) is 10.5 Å². The summed E-state index contributed by atoms with van der Waals surface area (Å²) in [4.78, 5) is 11.5. The minimum Gasteiger partial charge on any atom is -0.465 e. The fourth-order valence-corrected chi connectivity index (χ4v) is 3.24. The molecule has 26 heavy (non-hydrogen) atoms. The first-order valence-electron chi connectivity index (χ1n) is 7.74. The summed E-state index contributed by atoms with van der Waals surface area (Å²) in [7, 11) is 1.35. The molecule has 0 aliphatic carbocycles. The largest absolute Gasteiger partial charge is 0.465 e. The highest BCUT2D eigenvalue weighted by atomic mass is 32.2. The van der Waals surface area contributed by atoms with E-state index >= 15 is 0 Å². The number of rotatable bonds is 6. The average Bonchev–Trinajstić information content (AvgIpc) is 3.05. The van der Waals surface area contributed by atoms with Gasteiger partial charge in [-0.3, -0.25) is 0 Å². The molecule has 3 rings (SSSR count). The van der Waals surface area contributed by atoms with Gasteiger partial charge >= 0.3 is 5.97 Å². The summed E-state index contributed by atoms with van der Waals surface area (Å²) < 4.78 is 6.68. The van der Waals surface area contributed by atoms with Crippen molar-refractivity contribution in [3.05, 3.63) is 76.1 Å². The van der Waals surface area contributed by atoms with E-state index in [1.165, 1.54) is 12.7 Å². The molecule has 1 aromatic heterocycles. The van der Waals surface area contributed by atoms with Gasteiger partial charge in [0.15, 0.2) is 0 Å². The van der Waals surface area contributed by atoms with Crippen LogP contribution in [0.5, 0.6) is 0 Å². The van der Waals surface area contributed by atoms with E-state index in [9.17, 15) is 4.79 Å². The van der Waals surface area contributed by atoms with E-state index in [-0.39, 0.29) is 5.97 Å². The zero-order chi connectivity index (χ0) is 18.4. The van der Waals surface area contributed by atoms with Gasteiger partial charge in [-0.15, -0.1) is 5.10 Å². The number of carbonyl (C=O) groups excluding carboxylic acids is 1. The highest BCUT2D eigenvalue weighted by Gasteiger charge is 2.07. The molecule has 0 saturated carbocycles. The predicted octanol–water partition coefficient (Wildman–Crippen LogP) is 3.90. The van der Waals surface area contributed by atoms with Gasteiger partial charge in [-0.05, 0) is 35.5 Å². The van der Waals surface area contributed by atoms with Gasteiger partial charge in [0.05, 0.1) is 18.9 Å². The van der Waals surface area contributed by atoms with Gasteiger partial charge in [0, 0.05) is 5.75 Å². The van der Waals surface area contributed by atoms with Crippen molar-refractivity contribution in [1.29, 1.82) is 0 Å². The molecule has 6 nitrogen and oxygen atoms in total. The summed E-state index contributed by atoms with van der Waals surface area (Å²) in [5, 5.41) is 12.1. The molecule has 2 aromatic carbocycles. The normalized spacial score (nSPS) is 11.0. The third kappa shape index (κ3) is 4.47. The van der Waals surface area contributed by atoms with Crippen molar-refractivity contribution in [1.82, 2.24) is 14.9 Å². The summed E-state index contributed by atoms with van der Waals surface area (Å²) in [5.74, 6) is 0.397. The van der Waals surface area contributed by atoms with Crippen molar-refractivity contribution in [3.63, 3.8) is 0 Å². The fourth-order valence-electron chi connectivity index (χ4n) is 2.14. The highest BCUT2D eigenvalue weighted by molar-refractivity contribution is 7.98. The van der Waals surface area contributed by atoms with Crippen LogP contribution in [0.2, 0.25) is 0 Å². The van der Waals surface area contributed by atoms with Gasteiger partial charge in [-0.25, -0.2) is 9.89 Å². The van der Waals surface area contributed by atoms with Crippen LogP contribution >= 0.6 is 24.0 Å². The summed E-state index contributed by atoms with van der Waals surface area (Å²) in [6, 6.07) is 17.1. The summed E-state index contributed by atoms with van der Waals surface area (Å²) in [6.07, 6.45) is 1.67. The maximum Gasteiger partial charge on any atom is 0.337 e. The van der Waals surface area contributed by atoms with E-state index in [2.05, 4.69) is 32.2 Å². The van der Waals surface area contributed by atoms with E-state index in [4.69, 9.17) is 12.2 Å². The summed E-state index contributed by atoms with van der Waals surface area (Å²) >= 11 is 6.79. The molecule has 0 atom stereocenters. The number of methoxy groups -OCH3 is 1. The quantitative estimate of drug-likeness (QED) is 0.302. The van der Waals surface area contributed by atoms with E-state index in [0.29, 0.717) is 15.5 Å². The zero-order valence-corrected chi connectivity index (χ0v) is 15.6. The Bertz CT molecular complexity index is 963. The molecule has 3 aromatic rings. The topological polar surface area (TPSA) is 72.3 Å². The highest BCUT2D eigenvalue weighted by Crippen LogP contribution is 2.20. The third-order valence-electron chi connectivity index (χ3n) is 3.49. The molecule has 0 aliphatic heterocycles. The lowest BCUT2D eigenvalue weighted by molar-refractivity contribution is 0.0600. The number of carbonyl (C=O) groups is 1. The molecule has 8 heteroatoms. The van der Waals surface area contributed by atoms with Gasteiger partial charge in [-0.1, -0.05) is 54.2 Å². The number of aromatic nitrogens is 3. The third-order valence-corrected chi connectivity index (χ3v) is 4.75. The Morgan fingerprint density at radius 2 is 2.00 bits per heavy atom. The van der Waals surface area contributed by atoms with Crippen LogP contribution < -0.4 is 0 Å². The average molecular weight is 384 g/mol. The minimum absolute atomic E-state index is 0.370. The number of esters is 1. The Labute approximate surface area is 159 Å². The Balaban J connectivity index is 1.73. The predicted molar refractivity (Wildman–Crippen MR) is 104 cm³/mol. The smallest absolute Gasteiger partial charge is 0.337 e. The van der Waals surface area contributed by atoms with Crippen molar-refractivity contribution in [2.75, 3.05) is 7.11 Å². The molecule has 1 heterocycles. The van der Waals surface area contributed by atoms with Crippen LogP contribution in [0.1, 0.15) is 21.5 Å². The number of hydrogen-bond donors (Lipinski definition) is 1. The second-order valence-electron chi connectivity index (χ2n) is 5.26. The molecule has 0 saturated heterocycles. The van der Waals surface area contributed by atoms with Crippen molar-refractivity contribution < 1.29 is 9.53 Å². The molecule has 1 N–H and O–H groups in total. The fraction of sp³-hybridized carbons (Fsp3) is 0.111. The summed E-state index contributed by atoms with van der Waals surface area (Å²) in [6.45, 7) is 0. The molecular weight excluding hydrogens is 368 g/mol. The van der Waals surface area contributed by atoms with Gasteiger partial charge < -0.3 is 4.74 Å². The second kappa shape index (κ2) is 8.59. The molecule has 0 spiro atoms. The van der Waals surface area contributed by atoms with Crippen LogP contribution in [-0.4, -0.2) is 34.2 Å². The number of nitrogens with one attached hydrogen (secondary N) is 1. The number of thioether (sulfide) groups is 1. The first-order chi connectivity index (χ1) is 12.7. The zero-order valence-electron chi connectivity index (χ0n) is 14.0. The number of benzene rings is 2. The number of ether oxygens (including phenoxy) is 1. The number of aromatic amines is 1. The van der Waals surface area contributed by atoms with Gasteiger partial charge in [0.2, 0.25) is 9.93 Å². The van der Waals surface area contributed by atoms with Crippen LogP contribution in [0, 0.1) is 4.77 Å². The Hall–Kier alpha value is -2.71. The van der Waals surface area contributed by atoms with Crippen LogP contribution in [0.15, 0.2) is 64.9 Å². The molecule has 0 radical (unpaired) electrons.